The number of nitrogens with two attached hydrogens (primary N) is 1. The molecule has 0 radical (unpaired) electrons. The highest BCUT2D eigenvalue weighted by Crippen LogP contribution is 2.10. The molecule has 0 saturated heterocycles. The van der Waals surface area contributed by atoms with Gasteiger partial charge in [-0.1, -0.05) is 13.8 Å². The van der Waals surface area contributed by atoms with Crippen LogP contribution in [-0.4, -0.2) is 55.6 Å². The number of unbranched alkanes of at least 4 members (excludes halogenated alkanes) is 1. The highest BCUT2D eigenvalue weighted by atomic mass is 15.2. The average Bonchev–Trinajstić information content (AvgIpc) is 2.30. The smallest absolute Gasteiger partial charge is 0.101 e. The van der Waals surface area contributed by atoms with E-state index in [0.29, 0.717) is 5.92 Å². The summed E-state index contributed by atoms with van der Waals surface area (Å²) in [6.45, 7) is 10.8. The van der Waals surface area contributed by atoms with Crippen LogP contribution < -0.4 is 5.73 Å². The zero-order valence-corrected chi connectivity index (χ0v) is 13.4. The molecule has 1 atom stereocenters. The fraction of sp³-hybridized carbons (Fsp3) is 0.933. The van der Waals surface area contributed by atoms with E-state index >= 15 is 0 Å². The minimum atomic E-state index is -0.660. The van der Waals surface area contributed by atoms with E-state index in [9.17, 15) is 0 Å². The summed E-state index contributed by atoms with van der Waals surface area (Å²) in [6.07, 6.45) is 2.93. The van der Waals surface area contributed by atoms with Crippen LogP contribution in [0, 0.1) is 17.2 Å². The summed E-state index contributed by atoms with van der Waals surface area (Å²) in [5.74, 6) is 0.695. The lowest BCUT2D eigenvalue weighted by atomic mass is 9.98. The summed E-state index contributed by atoms with van der Waals surface area (Å²) in [4.78, 5) is 4.74. The minimum absolute atomic E-state index is 0.660. The molecule has 0 bridgehead atoms. The molecule has 4 nitrogen and oxygen atoms in total. The zero-order chi connectivity index (χ0) is 14.9. The van der Waals surface area contributed by atoms with Crippen LogP contribution in [0.1, 0.15) is 40.0 Å². The number of hydrogen-bond acceptors (Lipinski definition) is 4. The molecule has 0 aliphatic carbocycles. The highest BCUT2D eigenvalue weighted by Gasteiger charge is 2.16. The summed E-state index contributed by atoms with van der Waals surface area (Å²) >= 11 is 0. The van der Waals surface area contributed by atoms with Crippen molar-refractivity contribution < 1.29 is 0 Å². The fourth-order valence-electron chi connectivity index (χ4n) is 2.04. The first-order valence-electron chi connectivity index (χ1n) is 7.34. The van der Waals surface area contributed by atoms with Crippen LogP contribution in [-0.2, 0) is 0 Å². The maximum atomic E-state index is 8.88. The van der Waals surface area contributed by atoms with Crippen molar-refractivity contribution in [1.29, 1.82) is 5.26 Å². The second-order valence-corrected chi connectivity index (χ2v) is 6.48. The Hall–Kier alpha value is -0.630. The van der Waals surface area contributed by atoms with Crippen molar-refractivity contribution in [2.75, 3.05) is 40.3 Å². The normalized spacial score (nSPS) is 14.9. The number of rotatable bonds is 10. The minimum Gasteiger partial charge on any atom is -0.314 e. The van der Waals surface area contributed by atoms with Crippen LogP contribution in [0.2, 0.25) is 0 Å². The number of nitrogens with zero attached hydrogens (tertiary/aromatic N) is 3. The van der Waals surface area contributed by atoms with Gasteiger partial charge in [0.2, 0.25) is 0 Å². The van der Waals surface area contributed by atoms with Gasteiger partial charge in [-0.15, -0.1) is 0 Å². The van der Waals surface area contributed by atoms with Gasteiger partial charge in [-0.3, -0.25) is 0 Å². The first kappa shape index (κ1) is 18.4. The van der Waals surface area contributed by atoms with E-state index < -0.39 is 5.54 Å². The van der Waals surface area contributed by atoms with E-state index in [0.717, 1.165) is 45.4 Å². The summed E-state index contributed by atoms with van der Waals surface area (Å²) in [5.41, 5.74) is 5.17. The van der Waals surface area contributed by atoms with Gasteiger partial charge in [-0.2, -0.15) is 5.26 Å². The van der Waals surface area contributed by atoms with Gasteiger partial charge in [0.15, 0.2) is 0 Å². The zero-order valence-electron chi connectivity index (χ0n) is 13.4. The summed E-state index contributed by atoms with van der Waals surface area (Å²) < 4.78 is 0. The second-order valence-electron chi connectivity index (χ2n) is 6.48. The van der Waals surface area contributed by atoms with Crippen molar-refractivity contribution in [3.05, 3.63) is 0 Å². The predicted octanol–water partition coefficient (Wildman–Crippen LogP) is 1.92. The maximum absolute atomic E-state index is 8.88. The van der Waals surface area contributed by atoms with Crippen LogP contribution >= 0.6 is 0 Å². The largest absolute Gasteiger partial charge is 0.314 e. The van der Waals surface area contributed by atoms with Crippen LogP contribution in [0.4, 0.5) is 0 Å². The van der Waals surface area contributed by atoms with Crippen molar-refractivity contribution in [2.45, 2.75) is 45.6 Å². The molecule has 0 rings (SSSR count). The van der Waals surface area contributed by atoms with E-state index in [-0.39, 0.29) is 0 Å². The quantitative estimate of drug-likeness (QED) is 0.615. The van der Waals surface area contributed by atoms with Crippen LogP contribution in [0.5, 0.6) is 0 Å². The fourth-order valence-corrected chi connectivity index (χ4v) is 2.04. The molecule has 112 valence electrons. The third kappa shape index (κ3) is 10.9. The van der Waals surface area contributed by atoms with E-state index in [1.807, 2.05) is 6.92 Å². The molecule has 0 fully saturated rings. The van der Waals surface area contributed by atoms with E-state index in [2.05, 4.69) is 43.8 Å². The van der Waals surface area contributed by atoms with Crippen LogP contribution in [0.25, 0.3) is 0 Å². The monoisotopic (exact) mass is 268 g/mol. The average molecular weight is 268 g/mol. The van der Waals surface area contributed by atoms with Gasteiger partial charge in [-0.25, -0.2) is 0 Å². The van der Waals surface area contributed by atoms with Crippen LogP contribution in [0.15, 0.2) is 0 Å². The lowest BCUT2D eigenvalue weighted by Gasteiger charge is -2.26. The molecule has 0 aliphatic heterocycles. The topological polar surface area (TPSA) is 56.3 Å². The Morgan fingerprint density at radius 3 is 2.26 bits per heavy atom. The van der Waals surface area contributed by atoms with E-state index in [4.69, 9.17) is 11.0 Å². The molecular formula is C15H32N4. The molecule has 0 heterocycles. The molecule has 19 heavy (non-hydrogen) atoms. The SMILES string of the molecule is CC(C)CN(CCCCC(C)(N)C#N)CCN(C)C. The molecule has 0 aliphatic rings. The third-order valence-electron chi connectivity index (χ3n) is 3.16. The highest BCUT2D eigenvalue weighted by molar-refractivity contribution is 5.00. The standard InChI is InChI=1S/C15H32N4/c1-14(2)12-19(11-10-18(4)5)9-7-6-8-15(3,17)13-16/h14H,6-12,17H2,1-5H3. The summed E-state index contributed by atoms with van der Waals surface area (Å²) in [6, 6.07) is 2.16. The first-order chi connectivity index (χ1) is 8.76. The Morgan fingerprint density at radius 2 is 1.79 bits per heavy atom. The summed E-state index contributed by atoms with van der Waals surface area (Å²) in [7, 11) is 4.22. The van der Waals surface area contributed by atoms with Crippen molar-refractivity contribution in [3.8, 4) is 6.07 Å². The molecule has 0 saturated carbocycles. The van der Waals surface area contributed by atoms with Crippen molar-refractivity contribution in [2.24, 2.45) is 11.7 Å². The molecule has 0 aromatic rings. The molecular weight excluding hydrogens is 236 g/mol. The van der Waals surface area contributed by atoms with Gasteiger partial charge in [-0.05, 0) is 52.7 Å². The molecule has 0 aromatic heterocycles. The van der Waals surface area contributed by atoms with Gasteiger partial charge in [0, 0.05) is 19.6 Å². The number of hydrogen-bond donors (Lipinski definition) is 1. The molecule has 0 aromatic carbocycles. The number of nitriles is 1. The first-order valence-corrected chi connectivity index (χ1v) is 7.34. The maximum Gasteiger partial charge on any atom is 0.101 e. The van der Waals surface area contributed by atoms with Gasteiger partial charge in [0.25, 0.3) is 0 Å². The number of likely N-dealkylation sites (N-methyl/N-ethyl adjacent to an activating group) is 1. The lowest BCUT2D eigenvalue weighted by molar-refractivity contribution is 0.214. The van der Waals surface area contributed by atoms with Crippen molar-refractivity contribution in [1.82, 2.24) is 9.80 Å². The van der Waals surface area contributed by atoms with E-state index in [1.165, 1.54) is 0 Å². The molecule has 1 unspecified atom stereocenters. The van der Waals surface area contributed by atoms with Gasteiger partial charge in [0.05, 0.1) is 6.07 Å². The van der Waals surface area contributed by atoms with E-state index in [1.54, 1.807) is 0 Å². The summed E-state index contributed by atoms with van der Waals surface area (Å²) in [5, 5.41) is 8.88. The Labute approximate surface area is 119 Å². The Bertz CT molecular complexity index is 266. The Morgan fingerprint density at radius 1 is 1.16 bits per heavy atom. The lowest BCUT2D eigenvalue weighted by Crippen LogP contribution is -2.36. The van der Waals surface area contributed by atoms with Crippen LogP contribution in [0.3, 0.4) is 0 Å². The van der Waals surface area contributed by atoms with Crippen molar-refractivity contribution >= 4 is 0 Å². The predicted molar refractivity (Wildman–Crippen MR) is 81.9 cm³/mol. The third-order valence-corrected chi connectivity index (χ3v) is 3.16. The molecule has 4 heteroatoms. The van der Waals surface area contributed by atoms with Gasteiger partial charge >= 0.3 is 0 Å². The van der Waals surface area contributed by atoms with Gasteiger partial charge < -0.3 is 15.5 Å². The van der Waals surface area contributed by atoms with Crippen molar-refractivity contribution in [3.63, 3.8) is 0 Å². The molecule has 0 amide bonds. The Kier molecular flexibility index (Phi) is 8.99. The van der Waals surface area contributed by atoms with Gasteiger partial charge in [0.1, 0.15) is 5.54 Å². The Balaban J connectivity index is 3.95. The second kappa shape index (κ2) is 9.30. The molecule has 2 N–H and O–H groups in total. The molecule has 0 spiro atoms.